The van der Waals surface area contributed by atoms with Gasteiger partial charge in [-0.15, -0.1) is 11.3 Å². The number of hydrogen-bond acceptors (Lipinski definition) is 4. The van der Waals surface area contributed by atoms with Crippen LogP contribution >= 0.6 is 11.3 Å². The van der Waals surface area contributed by atoms with E-state index >= 15 is 0 Å². The van der Waals surface area contributed by atoms with E-state index in [2.05, 4.69) is 10.3 Å². The van der Waals surface area contributed by atoms with Crippen molar-refractivity contribution in [2.45, 2.75) is 26.6 Å². The van der Waals surface area contributed by atoms with Gasteiger partial charge in [0.2, 0.25) is 0 Å². The number of halogens is 3. The number of hydrogen-bond donors (Lipinski definition) is 1. The number of carbonyl (C=O) groups excluding carboxylic acids is 1. The molecule has 2 heterocycles. The molecule has 1 amide bonds. The number of alkyl halides is 3. The number of anilines is 1. The summed E-state index contributed by atoms with van der Waals surface area (Å²) < 4.78 is 49.2. The molecule has 37 heavy (non-hydrogen) atoms. The number of rotatable bonds is 6. The second-order valence-corrected chi connectivity index (χ2v) is 9.60. The summed E-state index contributed by atoms with van der Waals surface area (Å²) in [6, 6.07) is 21.7. The number of amides is 1. The highest BCUT2D eigenvalue weighted by Crippen LogP contribution is 2.35. The van der Waals surface area contributed by atoms with Gasteiger partial charge in [0.25, 0.3) is 5.91 Å². The first kappa shape index (κ1) is 24.6. The first-order valence-corrected chi connectivity index (χ1v) is 12.3. The number of ether oxygens (including phenoxy) is 1. The van der Waals surface area contributed by atoms with Crippen LogP contribution in [0, 0.1) is 13.8 Å². The summed E-state index contributed by atoms with van der Waals surface area (Å²) in [6.45, 7) is 3.59. The van der Waals surface area contributed by atoms with E-state index in [-0.39, 0.29) is 17.9 Å². The zero-order chi connectivity index (χ0) is 26.2. The van der Waals surface area contributed by atoms with Crippen LogP contribution in [0.15, 0.2) is 78.9 Å². The third-order valence-corrected chi connectivity index (χ3v) is 6.93. The van der Waals surface area contributed by atoms with Crippen LogP contribution in [0.5, 0.6) is 5.75 Å². The lowest BCUT2D eigenvalue weighted by atomic mass is 10.1. The minimum atomic E-state index is -4.52. The van der Waals surface area contributed by atoms with Crippen LogP contribution < -0.4 is 10.1 Å². The van der Waals surface area contributed by atoms with Gasteiger partial charge < -0.3 is 14.6 Å². The van der Waals surface area contributed by atoms with Crippen molar-refractivity contribution >= 4 is 33.1 Å². The van der Waals surface area contributed by atoms with Crippen molar-refractivity contribution in [2.24, 2.45) is 0 Å². The summed E-state index contributed by atoms with van der Waals surface area (Å²) in [5.74, 6) is 0.133. The van der Waals surface area contributed by atoms with Gasteiger partial charge in [0.15, 0.2) is 0 Å². The monoisotopic (exact) mass is 521 g/mol. The Kier molecular flexibility index (Phi) is 6.47. The molecule has 0 atom stereocenters. The van der Waals surface area contributed by atoms with Gasteiger partial charge in [-0.1, -0.05) is 30.3 Å². The molecule has 0 saturated heterocycles. The van der Waals surface area contributed by atoms with Crippen LogP contribution in [0.4, 0.5) is 18.9 Å². The van der Waals surface area contributed by atoms with Crippen molar-refractivity contribution in [3.8, 4) is 11.4 Å². The topological polar surface area (TPSA) is 56.1 Å². The smallest absolute Gasteiger partial charge is 0.418 e. The summed E-state index contributed by atoms with van der Waals surface area (Å²) in [5.41, 5.74) is 1.86. The standard InChI is InChI=1S/C28H22F3N3O2S/c1-17-14-21(18(2)34(17)24-12-5-3-10-22(24)28(29,30)31)27(35)32-19-8-7-9-20(15-19)36-16-26-33-23-11-4-6-13-25(23)37-26/h3-15H,16H2,1-2H3,(H,32,35). The number of nitrogens with one attached hydrogen (secondary N) is 1. The Morgan fingerprint density at radius 1 is 1.00 bits per heavy atom. The van der Waals surface area contributed by atoms with E-state index in [9.17, 15) is 18.0 Å². The molecule has 0 fully saturated rings. The first-order chi connectivity index (χ1) is 17.7. The number of para-hydroxylation sites is 2. The molecule has 0 unspecified atom stereocenters. The third-order valence-electron chi connectivity index (χ3n) is 5.92. The van der Waals surface area contributed by atoms with E-state index < -0.39 is 17.6 Å². The molecule has 0 bridgehead atoms. The number of aromatic nitrogens is 2. The summed E-state index contributed by atoms with van der Waals surface area (Å²) in [5, 5.41) is 3.66. The number of fused-ring (bicyclic) bond motifs is 1. The fraction of sp³-hybridized carbons (Fsp3) is 0.143. The average molecular weight is 522 g/mol. The van der Waals surface area contributed by atoms with Gasteiger partial charge in [0, 0.05) is 23.1 Å². The SMILES string of the molecule is Cc1cc(C(=O)Nc2cccc(OCc3nc4ccccc4s3)c2)c(C)n1-c1ccccc1C(F)(F)F. The predicted molar refractivity (Wildman–Crippen MR) is 139 cm³/mol. The second kappa shape index (κ2) is 9.74. The minimum Gasteiger partial charge on any atom is -0.486 e. The van der Waals surface area contributed by atoms with E-state index in [1.54, 1.807) is 61.6 Å². The van der Waals surface area contributed by atoms with Crippen LogP contribution in [0.2, 0.25) is 0 Å². The minimum absolute atomic E-state index is 0.0192. The molecule has 0 radical (unpaired) electrons. The van der Waals surface area contributed by atoms with Gasteiger partial charge >= 0.3 is 6.18 Å². The fourth-order valence-electron chi connectivity index (χ4n) is 4.26. The van der Waals surface area contributed by atoms with Crippen molar-refractivity contribution in [1.82, 2.24) is 9.55 Å². The molecule has 5 aromatic rings. The molecule has 0 aliphatic rings. The van der Waals surface area contributed by atoms with Gasteiger partial charge in [0.05, 0.1) is 27.0 Å². The van der Waals surface area contributed by atoms with Crippen LogP contribution in [-0.2, 0) is 12.8 Å². The number of thiazole rings is 1. The van der Waals surface area contributed by atoms with Gasteiger partial charge in [-0.3, -0.25) is 4.79 Å². The van der Waals surface area contributed by atoms with Gasteiger partial charge in [-0.05, 0) is 56.3 Å². The van der Waals surface area contributed by atoms with Crippen molar-refractivity contribution in [1.29, 1.82) is 0 Å². The molecule has 188 valence electrons. The lowest BCUT2D eigenvalue weighted by Gasteiger charge is -2.17. The lowest BCUT2D eigenvalue weighted by molar-refractivity contribution is -0.137. The van der Waals surface area contributed by atoms with E-state index in [1.807, 2.05) is 24.3 Å². The Bertz CT molecular complexity index is 1570. The number of nitrogens with zero attached hydrogens (tertiary/aromatic N) is 2. The zero-order valence-corrected chi connectivity index (χ0v) is 20.8. The van der Waals surface area contributed by atoms with Crippen molar-refractivity contribution in [3.63, 3.8) is 0 Å². The number of benzene rings is 3. The quantitative estimate of drug-likeness (QED) is 0.251. The highest BCUT2D eigenvalue weighted by molar-refractivity contribution is 7.18. The Morgan fingerprint density at radius 2 is 1.76 bits per heavy atom. The van der Waals surface area contributed by atoms with Gasteiger partial charge in [0.1, 0.15) is 17.4 Å². The summed E-state index contributed by atoms with van der Waals surface area (Å²) >= 11 is 1.56. The number of aryl methyl sites for hydroxylation is 1. The Labute approximate surface area is 215 Å². The fourth-order valence-corrected chi connectivity index (χ4v) is 5.14. The van der Waals surface area contributed by atoms with Crippen molar-refractivity contribution < 1.29 is 22.7 Å². The Morgan fingerprint density at radius 3 is 2.54 bits per heavy atom. The maximum absolute atomic E-state index is 13.6. The Hall–Kier alpha value is -4.11. The van der Waals surface area contributed by atoms with Crippen LogP contribution in [0.3, 0.4) is 0 Å². The summed E-state index contributed by atoms with van der Waals surface area (Å²) in [6.07, 6.45) is -4.52. The van der Waals surface area contributed by atoms with E-state index in [1.165, 1.54) is 16.7 Å². The third kappa shape index (κ3) is 5.08. The maximum Gasteiger partial charge on any atom is 0.418 e. The summed E-state index contributed by atoms with van der Waals surface area (Å²) in [7, 11) is 0. The molecule has 0 aliphatic carbocycles. The molecule has 0 aliphatic heterocycles. The molecule has 9 heteroatoms. The van der Waals surface area contributed by atoms with Crippen LogP contribution in [-0.4, -0.2) is 15.5 Å². The molecule has 1 N–H and O–H groups in total. The first-order valence-electron chi connectivity index (χ1n) is 11.4. The van der Waals surface area contributed by atoms with Gasteiger partial charge in [-0.2, -0.15) is 13.2 Å². The zero-order valence-electron chi connectivity index (χ0n) is 20.0. The predicted octanol–water partition coefficient (Wildman–Crippen LogP) is 7.55. The lowest BCUT2D eigenvalue weighted by Crippen LogP contribution is -2.15. The highest BCUT2D eigenvalue weighted by Gasteiger charge is 2.34. The average Bonchev–Trinajstić information content (AvgIpc) is 3.42. The highest BCUT2D eigenvalue weighted by atomic mass is 32.1. The molecule has 0 spiro atoms. The second-order valence-electron chi connectivity index (χ2n) is 8.48. The maximum atomic E-state index is 13.6. The molecule has 3 aromatic carbocycles. The summed E-state index contributed by atoms with van der Waals surface area (Å²) in [4.78, 5) is 17.7. The van der Waals surface area contributed by atoms with Crippen molar-refractivity contribution in [2.75, 3.05) is 5.32 Å². The molecular formula is C28H22F3N3O2S. The number of carbonyl (C=O) groups is 1. The van der Waals surface area contributed by atoms with E-state index in [0.29, 0.717) is 22.8 Å². The van der Waals surface area contributed by atoms with Crippen LogP contribution in [0.1, 0.15) is 32.3 Å². The Balaban J connectivity index is 1.34. The largest absolute Gasteiger partial charge is 0.486 e. The molecule has 2 aromatic heterocycles. The molecule has 5 rings (SSSR count). The molecule has 5 nitrogen and oxygen atoms in total. The molecular weight excluding hydrogens is 499 g/mol. The normalized spacial score (nSPS) is 11.6. The van der Waals surface area contributed by atoms with Gasteiger partial charge in [-0.25, -0.2) is 4.98 Å². The van der Waals surface area contributed by atoms with E-state index in [4.69, 9.17) is 4.74 Å². The van der Waals surface area contributed by atoms with Crippen molar-refractivity contribution in [3.05, 3.63) is 106 Å². The van der Waals surface area contributed by atoms with E-state index in [0.717, 1.165) is 21.3 Å². The molecule has 0 saturated carbocycles. The van der Waals surface area contributed by atoms with Crippen LogP contribution in [0.25, 0.3) is 15.9 Å².